The summed E-state index contributed by atoms with van der Waals surface area (Å²) in [6.45, 7) is 0. The van der Waals surface area contributed by atoms with Gasteiger partial charge in [-0.2, -0.15) is 11.3 Å². The molecule has 0 fully saturated rings. The van der Waals surface area contributed by atoms with Crippen molar-refractivity contribution >= 4 is 29.5 Å². The minimum Gasteiger partial charge on any atom is -0.288 e. The van der Waals surface area contributed by atoms with Crippen molar-refractivity contribution in [3.63, 3.8) is 0 Å². The molecule has 0 aliphatic carbocycles. The molecule has 0 saturated heterocycles. The fourth-order valence-corrected chi connectivity index (χ4v) is 2.52. The van der Waals surface area contributed by atoms with Crippen molar-refractivity contribution in [1.29, 1.82) is 0 Å². The summed E-state index contributed by atoms with van der Waals surface area (Å²) in [5, 5.41) is 4.07. The van der Waals surface area contributed by atoms with Gasteiger partial charge in [0, 0.05) is 18.2 Å². The molecule has 1 aromatic heterocycles. The predicted molar refractivity (Wildman–Crippen MR) is 60.7 cm³/mol. The van der Waals surface area contributed by atoms with Crippen LogP contribution in [0.2, 0.25) is 0 Å². The summed E-state index contributed by atoms with van der Waals surface area (Å²) in [4.78, 5) is 20.0. The van der Waals surface area contributed by atoms with Gasteiger partial charge < -0.3 is 0 Å². The third kappa shape index (κ3) is 1.29. The summed E-state index contributed by atoms with van der Waals surface area (Å²) in [6, 6.07) is 1.96. The van der Waals surface area contributed by atoms with Crippen LogP contribution in [0.15, 0.2) is 38.1 Å². The zero-order chi connectivity index (χ0) is 10.3. The van der Waals surface area contributed by atoms with Gasteiger partial charge in [0.2, 0.25) is 5.78 Å². The summed E-state index contributed by atoms with van der Waals surface area (Å²) >= 11 is 1.63. The number of allylic oxidation sites excluding steroid dienone is 1. The van der Waals surface area contributed by atoms with E-state index >= 15 is 0 Å². The van der Waals surface area contributed by atoms with E-state index in [0.717, 1.165) is 16.8 Å². The van der Waals surface area contributed by atoms with Crippen molar-refractivity contribution in [2.24, 2.45) is 9.98 Å². The van der Waals surface area contributed by atoms with Crippen LogP contribution in [-0.4, -0.2) is 18.2 Å². The topological polar surface area (TPSA) is 41.8 Å². The van der Waals surface area contributed by atoms with Crippen LogP contribution in [0.5, 0.6) is 0 Å². The molecule has 0 radical (unpaired) electrons. The summed E-state index contributed by atoms with van der Waals surface area (Å²) < 4.78 is 0. The third-order valence-electron chi connectivity index (χ3n) is 2.59. The molecule has 3 nitrogen and oxygen atoms in total. The molecule has 1 atom stereocenters. The van der Waals surface area contributed by atoms with E-state index in [1.807, 2.05) is 11.4 Å². The van der Waals surface area contributed by atoms with Gasteiger partial charge in [-0.1, -0.05) is 0 Å². The lowest BCUT2D eigenvalue weighted by Crippen LogP contribution is -2.13. The first-order chi connectivity index (χ1) is 7.36. The van der Waals surface area contributed by atoms with E-state index in [1.165, 1.54) is 6.21 Å². The minimum absolute atomic E-state index is 0.00831. The Labute approximate surface area is 90.9 Å². The van der Waals surface area contributed by atoms with Crippen molar-refractivity contribution in [2.75, 3.05) is 0 Å². The van der Waals surface area contributed by atoms with Gasteiger partial charge >= 0.3 is 0 Å². The molecular weight excluding hydrogens is 208 g/mol. The Balaban J connectivity index is 2.08. The molecular formula is C11H8N2OS. The molecule has 0 aromatic carbocycles. The molecule has 1 aromatic rings. The summed E-state index contributed by atoms with van der Waals surface area (Å²) in [5.74, 6) is 0.00831. The Morgan fingerprint density at radius 2 is 2.40 bits per heavy atom. The van der Waals surface area contributed by atoms with E-state index in [0.29, 0.717) is 6.42 Å². The minimum atomic E-state index is -0.0669. The number of hydrogen-bond donors (Lipinski definition) is 0. The lowest BCUT2D eigenvalue weighted by molar-refractivity contribution is -0.109. The molecule has 0 N–H and O–H groups in total. The second kappa shape index (κ2) is 3.24. The number of dihydropyridines is 1. The van der Waals surface area contributed by atoms with E-state index in [4.69, 9.17) is 0 Å². The summed E-state index contributed by atoms with van der Waals surface area (Å²) in [7, 11) is 0. The molecule has 74 valence electrons. The van der Waals surface area contributed by atoms with Gasteiger partial charge in [0.05, 0.1) is 11.9 Å². The molecule has 0 amide bonds. The number of thiophene rings is 1. The highest BCUT2D eigenvalue weighted by Gasteiger charge is 2.28. The van der Waals surface area contributed by atoms with Crippen LogP contribution in [0.25, 0.3) is 0 Å². The van der Waals surface area contributed by atoms with Gasteiger partial charge in [0.25, 0.3) is 0 Å². The number of Topliss-reactive ketones (excluding diaryl/α,β-unsaturated/α-hetero) is 1. The van der Waals surface area contributed by atoms with Crippen molar-refractivity contribution in [3.8, 4) is 0 Å². The predicted octanol–water partition coefficient (Wildman–Crippen LogP) is 2.17. The maximum atomic E-state index is 11.5. The highest BCUT2D eigenvalue weighted by Crippen LogP contribution is 2.35. The van der Waals surface area contributed by atoms with Crippen LogP contribution in [0, 0.1) is 0 Å². The SMILES string of the molecule is O=C1C=NC(c2ccsc2)C2=C1CC=N2. The first-order valence-electron chi connectivity index (χ1n) is 4.71. The largest absolute Gasteiger partial charge is 0.288 e. The molecule has 3 heterocycles. The fourth-order valence-electron chi connectivity index (χ4n) is 1.85. The molecule has 2 aliphatic rings. The Bertz CT molecular complexity index is 497. The average molecular weight is 216 g/mol. The zero-order valence-electron chi connectivity index (χ0n) is 7.88. The second-order valence-corrected chi connectivity index (χ2v) is 4.26. The number of rotatable bonds is 1. The maximum absolute atomic E-state index is 11.5. The van der Waals surface area contributed by atoms with E-state index in [-0.39, 0.29) is 11.8 Å². The van der Waals surface area contributed by atoms with Crippen LogP contribution in [0.4, 0.5) is 0 Å². The summed E-state index contributed by atoms with van der Waals surface area (Å²) in [5.41, 5.74) is 2.76. The lowest BCUT2D eigenvalue weighted by Gasteiger charge is -2.15. The van der Waals surface area contributed by atoms with Gasteiger partial charge in [-0.25, -0.2) is 0 Å². The van der Waals surface area contributed by atoms with Crippen molar-refractivity contribution in [3.05, 3.63) is 33.7 Å². The number of hydrogen-bond acceptors (Lipinski definition) is 4. The number of carbonyl (C=O) groups is 1. The fraction of sp³-hybridized carbons (Fsp3) is 0.182. The van der Waals surface area contributed by atoms with Gasteiger partial charge in [-0.05, 0) is 22.4 Å². The maximum Gasteiger partial charge on any atom is 0.201 e. The molecule has 15 heavy (non-hydrogen) atoms. The third-order valence-corrected chi connectivity index (χ3v) is 3.29. The summed E-state index contributed by atoms with van der Waals surface area (Å²) in [6.07, 6.45) is 3.87. The van der Waals surface area contributed by atoms with Crippen LogP contribution in [0.1, 0.15) is 18.0 Å². The van der Waals surface area contributed by atoms with Crippen LogP contribution < -0.4 is 0 Å². The molecule has 0 saturated carbocycles. The molecule has 0 spiro atoms. The van der Waals surface area contributed by atoms with Gasteiger partial charge in [0.15, 0.2) is 0 Å². The number of aliphatic imine (C=N–C) groups is 2. The lowest BCUT2D eigenvalue weighted by atomic mass is 9.98. The highest BCUT2D eigenvalue weighted by atomic mass is 32.1. The monoisotopic (exact) mass is 216 g/mol. The Morgan fingerprint density at radius 3 is 3.20 bits per heavy atom. The first kappa shape index (κ1) is 8.73. The van der Waals surface area contributed by atoms with E-state index < -0.39 is 0 Å². The van der Waals surface area contributed by atoms with Crippen molar-refractivity contribution in [1.82, 2.24) is 0 Å². The van der Waals surface area contributed by atoms with Crippen LogP contribution in [0.3, 0.4) is 0 Å². The van der Waals surface area contributed by atoms with E-state index in [1.54, 1.807) is 17.6 Å². The quantitative estimate of drug-likeness (QED) is 0.709. The van der Waals surface area contributed by atoms with E-state index in [2.05, 4.69) is 15.4 Å². The van der Waals surface area contributed by atoms with Crippen LogP contribution in [-0.2, 0) is 4.79 Å². The van der Waals surface area contributed by atoms with Gasteiger partial charge in [-0.15, -0.1) is 0 Å². The Hall–Kier alpha value is -1.55. The highest BCUT2D eigenvalue weighted by molar-refractivity contribution is 7.08. The normalized spacial score (nSPS) is 23.7. The van der Waals surface area contributed by atoms with Gasteiger partial charge in [0.1, 0.15) is 6.04 Å². The molecule has 4 heteroatoms. The first-order valence-corrected chi connectivity index (χ1v) is 5.66. The Kier molecular flexibility index (Phi) is 1.89. The number of carbonyl (C=O) groups excluding carboxylic acids is 1. The van der Waals surface area contributed by atoms with Crippen molar-refractivity contribution < 1.29 is 4.79 Å². The van der Waals surface area contributed by atoms with E-state index in [9.17, 15) is 4.79 Å². The smallest absolute Gasteiger partial charge is 0.201 e. The molecule has 1 unspecified atom stereocenters. The molecule has 3 rings (SSSR count). The second-order valence-electron chi connectivity index (χ2n) is 3.48. The zero-order valence-corrected chi connectivity index (χ0v) is 8.70. The number of nitrogens with zero attached hydrogens (tertiary/aromatic N) is 2. The van der Waals surface area contributed by atoms with Gasteiger partial charge in [-0.3, -0.25) is 14.8 Å². The van der Waals surface area contributed by atoms with Crippen LogP contribution >= 0.6 is 11.3 Å². The average Bonchev–Trinajstić information content (AvgIpc) is 2.88. The molecule has 0 bridgehead atoms. The number of ketones is 1. The standard InChI is InChI=1S/C11H8N2OS/c14-9-5-13-10(7-2-4-15-6-7)11-8(9)1-3-12-11/h2-6,10H,1H2. The molecule has 2 aliphatic heterocycles. The Morgan fingerprint density at radius 1 is 1.47 bits per heavy atom. The van der Waals surface area contributed by atoms with Crippen molar-refractivity contribution in [2.45, 2.75) is 12.5 Å².